The van der Waals surface area contributed by atoms with E-state index in [0.717, 1.165) is 45.2 Å². The summed E-state index contributed by atoms with van der Waals surface area (Å²) in [6.45, 7) is 2.06. The van der Waals surface area contributed by atoms with E-state index in [9.17, 15) is 9.59 Å². The molecule has 1 saturated heterocycles. The zero-order valence-electron chi connectivity index (χ0n) is 11.4. The van der Waals surface area contributed by atoms with Gasteiger partial charge in [-0.15, -0.1) is 0 Å². The Hall–Kier alpha value is -1.10. The lowest BCUT2D eigenvalue weighted by Crippen LogP contribution is -2.45. The van der Waals surface area contributed by atoms with E-state index in [2.05, 4.69) is 10.6 Å². The molecule has 1 heterocycles. The molecule has 1 saturated carbocycles. The summed E-state index contributed by atoms with van der Waals surface area (Å²) in [5.41, 5.74) is 0. The molecular formula is C14H24N2O3. The van der Waals surface area contributed by atoms with E-state index in [4.69, 9.17) is 5.11 Å². The lowest BCUT2D eigenvalue weighted by molar-refractivity contribution is -0.144. The molecule has 5 nitrogen and oxygen atoms in total. The normalized spacial score (nSPS) is 31.1. The summed E-state index contributed by atoms with van der Waals surface area (Å²) in [5, 5.41) is 15.4. The van der Waals surface area contributed by atoms with E-state index < -0.39 is 11.9 Å². The molecule has 3 atom stereocenters. The average molecular weight is 268 g/mol. The van der Waals surface area contributed by atoms with E-state index in [1.165, 1.54) is 0 Å². The van der Waals surface area contributed by atoms with E-state index in [0.29, 0.717) is 18.8 Å². The maximum Gasteiger partial charge on any atom is 0.308 e. The highest BCUT2D eigenvalue weighted by molar-refractivity contribution is 5.78. The Morgan fingerprint density at radius 2 is 2.00 bits per heavy atom. The first-order chi connectivity index (χ1) is 9.16. The number of nitrogens with one attached hydrogen (secondary N) is 2. The SMILES string of the molecule is O=C(CCC1CCNC1)NC1CCCCC1C(=O)O. The molecule has 3 unspecified atom stereocenters. The molecule has 3 N–H and O–H groups in total. The second-order valence-corrected chi connectivity index (χ2v) is 5.80. The molecule has 0 aromatic rings. The van der Waals surface area contributed by atoms with Crippen LogP contribution < -0.4 is 10.6 Å². The van der Waals surface area contributed by atoms with Gasteiger partial charge in [0.2, 0.25) is 5.91 Å². The number of carbonyl (C=O) groups is 2. The maximum absolute atomic E-state index is 11.9. The van der Waals surface area contributed by atoms with Gasteiger partial charge in [-0.25, -0.2) is 0 Å². The van der Waals surface area contributed by atoms with Crippen LogP contribution in [0.4, 0.5) is 0 Å². The largest absolute Gasteiger partial charge is 0.481 e. The highest BCUT2D eigenvalue weighted by atomic mass is 16.4. The fourth-order valence-electron chi connectivity index (χ4n) is 3.17. The van der Waals surface area contributed by atoms with Crippen molar-refractivity contribution in [3.05, 3.63) is 0 Å². The standard InChI is InChI=1S/C14H24N2O3/c17-13(6-5-10-7-8-15-9-10)16-12-4-2-1-3-11(12)14(18)19/h10-12,15H,1-9H2,(H,16,17)(H,18,19). The second-order valence-electron chi connectivity index (χ2n) is 5.80. The van der Waals surface area contributed by atoms with Crippen LogP contribution in [0.5, 0.6) is 0 Å². The monoisotopic (exact) mass is 268 g/mol. The minimum Gasteiger partial charge on any atom is -0.481 e. The van der Waals surface area contributed by atoms with Crippen LogP contribution >= 0.6 is 0 Å². The van der Waals surface area contributed by atoms with Gasteiger partial charge < -0.3 is 15.7 Å². The van der Waals surface area contributed by atoms with Gasteiger partial charge in [0.15, 0.2) is 0 Å². The average Bonchev–Trinajstić information content (AvgIpc) is 2.90. The number of rotatable bonds is 5. The zero-order chi connectivity index (χ0) is 13.7. The first kappa shape index (κ1) is 14.3. The summed E-state index contributed by atoms with van der Waals surface area (Å²) in [6, 6.07) is -0.166. The molecule has 0 spiro atoms. The Bertz CT molecular complexity index is 327. The van der Waals surface area contributed by atoms with Crippen LogP contribution in [0, 0.1) is 11.8 Å². The highest BCUT2D eigenvalue weighted by Gasteiger charge is 2.31. The Balaban J connectivity index is 1.74. The Morgan fingerprint density at radius 3 is 2.68 bits per heavy atom. The third kappa shape index (κ3) is 4.20. The van der Waals surface area contributed by atoms with E-state index >= 15 is 0 Å². The minimum absolute atomic E-state index is 0.0186. The zero-order valence-corrected chi connectivity index (χ0v) is 11.4. The van der Waals surface area contributed by atoms with Gasteiger partial charge >= 0.3 is 5.97 Å². The van der Waals surface area contributed by atoms with E-state index in [-0.39, 0.29) is 11.9 Å². The lowest BCUT2D eigenvalue weighted by Gasteiger charge is -2.29. The van der Waals surface area contributed by atoms with E-state index in [1.54, 1.807) is 0 Å². The summed E-state index contributed by atoms with van der Waals surface area (Å²) >= 11 is 0. The predicted octanol–water partition coefficient (Wildman–Crippen LogP) is 1.14. The summed E-state index contributed by atoms with van der Waals surface area (Å²) in [4.78, 5) is 23.1. The molecule has 2 aliphatic rings. The fraction of sp³-hybridized carbons (Fsp3) is 0.857. The number of carboxylic acid groups (broad SMARTS) is 1. The summed E-state index contributed by atoms with van der Waals surface area (Å²) in [5.74, 6) is -0.548. The van der Waals surface area contributed by atoms with Gasteiger partial charge in [0.1, 0.15) is 0 Å². The number of carboxylic acids is 1. The van der Waals surface area contributed by atoms with Gasteiger partial charge in [0.05, 0.1) is 5.92 Å². The third-order valence-corrected chi connectivity index (χ3v) is 4.37. The van der Waals surface area contributed by atoms with Crippen molar-refractivity contribution in [1.29, 1.82) is 0 Å². The lowest BCUT2D eigenvalue weighted by atomic mass is 9.84. The van der Waals surface area contributed by atoms with Gasteiger partial charge in [0.25, 0.3) is 0 Å². The molecule has 1 aliphatic heterocycles. The summed E-state index contributed by atoms with van der Waals surface area (Å²) in [6.07, 6.45) is 6.03. The molecule has 0 aromatic carbocycles. The molecule has 108 valence electrons. The molecule has 1 aliphatic carbocycles. The Labute approximate surface area is 114 Å². The fourth-order valence-corrected chi connectivity index (χ4v) is 3.17. The van der Waals surface area contributed by atoms with Crippen molar-refractivity contribution in [2.45, 2.75) is 51.0 Å². The number of aliphatic carboxylic acids is 1. The number of hydrogen-bond acceptors (Lipinski definition) is 3. The topological polar surface area (TPSA) is 78.4 Å². The van der Waals surface area contributed by atoms with Crippen LogP contribution in [0.2, 0.25) is 0 Å². The smallest absolute Gasteiger partial charge is 0.308 e. The predicted molar refractivity (Wildman–Crippen MR) is 71.7 cm³/mol. The van der Waals surface area contributed by atoms with Gasteiger partial charge in [-0.3, -0.25) is 9.59 Å². The molecule has 0 bridgehead atoms. The summed E-state index contributed by atoms with van der Waals surface area (Å²) < 4.78 is 0. The molecule has 0 aromatic heterocycles. The van der Waals surface area contributed by atoms with Gasteiger partial charge in [-0.05, 0) is 44.7 Å². The maximum atomic E-state index is 11.9. The Morgan fingerprint density at radius 1 is 1.21 bits per heavy atom. The highest BCUT2D eigenvalue weighted by Crippen LogP contribution is 2.25. The van der Waals surface area contributed by atoms with Gasteiger partial charge in [-0.1, -0.05) is 12.8 Å². The van der Waals surface area contributed by atoms with Crippen molar-refractivity contribution in [2.75, 3.05) is 13.1 Å². The van der Waals surface area contributed by atoms with E-state index in [1.807, 2.05) is 0 Å². The number of amides is 1. The summed E-state index contributed by atoms with van der Waals surface area (Å²) in [7, 11) is 0. The number of carbonyl (C=O) groups excluding carboxylic acids is 1. The Kier molecular flexibility index (Phi) is 5.19. The molecular weight excluding hydrogens is 244 g/mol. The van der Waals surface area contributed by atoms with Crippen molar-refractivity contribution in [3.63, 3.8) is 0 Å². The van der Waals surface area contributed by atoms with Crippen LogP contribution in [0.3, 0.4) is 0 Å². The van der Waals surface area contributed by atoms with Crippen molar-refractivity contribution in [3.8, 4) is 0 Å². The molecule has 2 fully saturated rings. The minimum atomic E-state index is -0.773. The van der Waals surface area contributed by atoms with Crippen molar-refractivity contribution in [1.82, 2.24) is 10.6 Å². The molecule has 0 radical (unpaired) electrons. The van der Waals surface area contributed by atoms with Crippen LogP contribution in [0.15, 0.2) is 0 Å². The van der Waals surface area contributed by atoms with Gasteiger partial charge in [0, 0.05) is 12.5 Å². The van der Waals surface area contributed by atoms with Crippen LogP contribution in [0.25, 0.3) is 0 Å². The third-order valence-electron chi connectivity index (χ3n) is 4.37. The van der Waals surface area contributed by atoms with Gasteiger partial charge in [-0.2, -0.15) is 0 Å². The van der Waals surface area contributed by atoms with Crippen molar-refractivity contribution in [2.24, 2.45) is 11.8 Å². The quantitative estimate of drug-likeness (QED) is 0.698. The number of hydrogen-bond donors (Lipinski definition) is 3. The first-order valence-corrected chi connectivity index (χ1v) is 7.39. The van der Waals surface area contributed by atoms with Crippen molar-refractivity contribution >= 4 is 11.9 Å². The second kappa shape index (κ2) is 6.89. The van der Waals surface area contributed by atoms with Crippen molar-refractivity contribution < 1.29 is 14.7 Å². The molecule has 19 heavy (non-hydrogen) atoms. The first-order valence-electron chi connectivity index (χ1n) is 7.39. The molecule has 5 heteroatoms. The van der Waals surface area contributed by atoms with Crippen LogP contribution in [0.1, 0.15) is 44.9 Å². The molecule has 1 amide bonds. The van der Waals surface area contributed by atoms with Crippen LogP contribution in [-0.2, 0) is 9.59 Å². The molecule has 2 rings (SSSR count). The van der Waals surface area contributed by atoms with Crippen LogP contribution in [-0.4, -0.2) is 36.1 Å².